The highest BCUT2D eigenvalue weighted by Gasteiger charge is 2.25. The molecule has 0 unspecified atom stereocenters. The van der Waals surface area contributed by atoms with Gasteiger partial charge in [-0.1, -0.05) is 18.2 Å². The van der Waals surface area contributed by atoms with Gasteiger partial charge in [0.05, 0.1) is 5.69 Å². The average molecular weight is 447 g/mol. The number of rotatable bonds is 6. The van der Waals surface area contributed by atoms with Crippen molar-refractivity contribution in [3.05, 3.63) is 75.1 Å². The van der Waals surface area contributed by atoms with E-state index in [4.69, 9.17) is 4.98 Å². The molecule has 0 spiro atoms. The lowest BCUT2D eigenvalue weighted by molar-refractivity contribution is -0.132. The molecular weight excluding hydrogens is 420 g/mol. The number of benzene rings is 1. The number of carbonyl (C=O) groups is 1. The summed E-state index contributed by atoms with van der Waals surface area (Å²) < 4.78 is 0. The van der Waals surface area contributed by atoms with Gasteiger partial charge in [0.2, 0.25) is 5.91 Å². The van der Waals surface area contributed by atoms with Crippen molar-refractivity contribution in [2.45, 2.75) is 38.0 Å². The van der Waals surface area contributed by atoms with E-state index in [9.17, 15) is 9.59 Å². The molecule has 6 nitrogen and oxygen atoms in total. The summed E-state index contributed by atoms with van der Waals surface area (Å²) in [4.78, 5) is 37.8. The SMILES string of the molecule is O=C(CCCc1c[nH]c2ccccc12)N1CCC(c2nc(-c3ccsc3)cc(=O)[nH]2)CC1. The van der Waals surface area contributed by atoms with E-state index >= 15 is 0 Å². The largest absolute Gasteiger partial charge is 0.361 e. The Morgan fingerprint density at radius 1 is 1.19 bits per heavy atom. The minimum atomic E-state index is -0.119. The number of fused-ring (bicyclic) bond motifs is 1. The van der Waals surface area contributed by atoms with E-state index in [0.29, 0.717) is 19.5 Å². The van der Waals surface area contributed by atoms with E-state index in [1.807, 2.05) is 33.9 Å². The number of nitrogens with one attached hydrogen (secondary N) is 2. The number of carbonyl (C=O) groups excluding carboxylic acids is 1. The summed E-state index contributed by atoms with van der Waals surface area (Å²) in [6.45, 7) is 1.42. The van der Waals surface area contributed by atoms with E-state index in [0.717, 1.165) is 48.3 Å². The molecule has 1 saturated heterocycles. The fraction of sp³-hybridized carbons (Fsp3) is 0.320. The van der Waals surface area contributed by atoms with E-state index in [1.54, 1.807) is 17.4 Å². The molecule has 0 aliphatic carbocycles. The number of para-hydroxylation sites is 1. The summed E-state index contributed by atoms with van der Waals surface area (Å²) >= 11 is 1.59. The highest BCUT2D eigenvalue weighted by atomic mass is 32.1. The molecule has 3 aromatic heterocycles. The van der Waals surface area contributed by atoms with Crippen LogP contribution < -0.4 is 5.56 Å². The zero-order chi connectivity index (χ0) is 21.9. The monoisotopic (exact) mass is 446 g/mol. The van der Waals surface area contributed by atoms with Crippen molar-refractivity contribution < 1.29 is 4.79 Å². The van der Waals surface area contributed by atoms with Gasteiger partial charge in [-0.3, -0.25) is 9.59 Å². The second-order valence-electron chi connectivity index (χ2n) is 8.40. The number of H-pyrrole nitrogens is 2. The quantitative estimate of drug-likeness (QED) is 0.450. The van der Waals surface area contributed by atoms with E-state index < -0.39 is 0 Å². The fourth-order valence-electron chi connectivity index (χ4n) is 4.56. The molecule has 4 heterocycles. The number of hydrogen-bond donors (Lipinski definition) is 2. The Bertz CT molecular complexity index is 1270. The predicted molar refractivity (Wildman–Crippen MR) is 128 cm³/mol. The summed E-state index contributed by atoms with van der Waals surface area (Å²) in [6.07, 6.45) is 6.00. The van der Waals surface area contributed by atoms with Crippen LogP contribution in [0.25, 0.3) is 22.2 Å². The Morgan fingerprint density at radius 2 is 2.03 bits per heavy atom. The molecule has 1 aliphatic heterocycles. The maximum atomic E-state index is 12.7. The molecule has 0 saturated carbocycles. The van der Waals surface area contributed by atoms with Gasteiger partial charge >= 0.3 is 0 Å². The molecule has 5 rings (SSSR count). The molecule has 0 atom stereocenters. The van der Waals surface area contributed by atoms with Gasteiger partial charge in [-0.15, -0.1) is 0 Å². The first-order valence-corrected chi connectivity index (χ1v) is 12.1. The van der Waals surface area contributed by atoms with Gasteiger partial charge in [-0.2, -0.15) is 11.3 Å². The van der Waals surface area contributed by atoms with Crippen molar-refractivity contribution in [3.8, 4) is 11.3 Å². The van der Waals surface area contributed by atoms with Crippen LogP contribution in [0.1, 0.15) is 43.0 Å². The van der Waals surface area contributed by atoms with Crippen molar-refractivity contribution in [3.63, 3.8) is 0 Å². The number of hydrogen-bond acceptors (Lipinski definition) is 4. The van der Waals surface area contributed by atoms with Crippen molar-refractivity contribution >= 4 is 28.1 Å². The zero-order valence-electron chi connectivity index (χ0n) is 17.8. The van der Waals surface area contributed by atoms with Crippen molar-refractivity contribution in [2.75, 3.05) is 13.1 Å². The number of piperidine rings is 1. The third-order valence-corrected chi connectivity index (χ3v) is 7.01. The van der Waals surface area contributed by atoms with Crippen LogP contribution in [0, 0.1) is 0 Å². The smallest absolute Gasteiger partial charge is 0.251 e. The number of aryl methyl sites for hydroxylation is 1. The average Bonchev–Trinajstić information content (AvgIpc) is 3.49. The number of likely N-dealkylation sites (tertiary alicyclic amines) is 1. The predicted octanol–water partition coefficient (Wildman–Crippen LogP) is 4.71. The Balaban J connectivity index is 1.15. The lowest BCUT2D eigenvalue weighted by Crippen LogP contribution is -2.38. The molecule has 1 fully saturated rings. The summed E-state index contributed by atoms with van der Waals surface area (Å²) in [7, 11) is 0. The van der Waals surface area contributed by atoms with Crippen molar-refractivity contribution in [2.24, 2.45) is 0 Å². The first-order chi connectivity index (χ1) is 15.7. The lowest BCUT2D eigenvalue weighted by atomic mass is 9.95. The maximum Gasteiger partial charge on any atom is 0.251 e. The van der Waals surface area contributed by atoms with Crippen LogP contribution in [0.15, 0.2) is 58.1 Å². The first-order valence-electron chi connectivity index (χ1n) is 11.1. The molecule has 164 valence electrons. The lowest BCUT2D eigenvalue weighted by Gasteiger charge is -2.31. The molecule has 0 radical (unpaired) electrons. The summed E-state index contributed by atoms with van der Waals surface area (Å²) in [5, 5.41) is 5.23. The molecule has 0 bridgehead atoms. The van der Waals surface area contributed by atoms with Crippen molar-refractivity contribution in [1.29, 1.82) is 0 Å². The van der Waals surface area contributed by atoms with Gasteiger partial charge < -0.3 is 14.9 Å². The Labute approximate surface area is 190 Å². The molecule has 1 aliphatic rings. The number of aromatic nitrogens is 3. The fourth-order valence-corrected chi connectivity index (χ4v) is 5.21. The topological polar surface area (TPSA) is 81.8 Å². The standard InChI is InChI=1S/C25H26N4O2S/c30-23-14-22(19-10-13-32-16-19)27-25(28-23)17-8-11-29(12-9-17)24(31)7-3-4-18-15-26-21-6-2-1-5-20(18)21/h1-2,5-6,10,13-17,26H,3-4,7-9,11-12H2,(H,27,28,30). The Hall–Kier alpha value is -3.19. The molecule has 4 aromatic rings. The highest BCUT2D eigenvalue weighted by molar-refractivity contribution is 7.08. The summed E-state index contributed by atoms with van der Waals surface area (Å²) in [5.74, 6) is 1.14. The normalized spacial score (nSPS) is 14.8. The number of amides is 1. The van der Waals surface area contributed by atoms with Gasteiger partial charge in [0.15, 0.2) is 0 Å². The first kappa shape index (κ1) is 20.7. The van der Waals surface area contributed by atoms with Crippen LogP contribution in [0.4, 0.5) is 0 Å². The molecule has 1 amide bonds. The van der Waals surface area contributed by atoms with Gasteiger partial charge in [0, 0.05) is 59.5 Å². The van der Waals surface area contributed by atoms with Crippen LogP contribution in [-0.2, 0) is 11.2 Å². The Kier molecular flexibility index (Phi) is 5.90. The van der Waals surface area contributed by atoms with Gasteiger partial charge in [-0.25, -0.2) is 4.98 Å². The van der Waals surface area contributed by atoms with E-state index in [2.05, 4.69) is 28.3 Å². The third-order valence-electron chi connectivity index (χ3n) is 6.32. The van der Waals surface area contributed by atoms with Crippen LogP contribution >= 0.6 is 11.3 Å². The zero-order valence-corrected chi connectivity index (χ0v) is 18.7. The van der Waals surface area contributed by atoms with Gasteiger partial charge in [0.1, 0.15) is 5.82 Å². The second-order valence-corrected chi connectivity index (χ2v) is 9.18. The molecule has 1 aromatic carbocycles. The van der Waals surface area contributed by atoms with Crippen LogP contribution in [0.3, 0.4) is 0 Å². The molecule has 7 heteroatoms. The van der Waals surface area contributed by atoms with Gasteiger partial charge in [0.25, 0.3) is 5.56 Å². The van der Waals surface area contributed by atoms with Crippen LogP contribution in [-0.4, -0.2) is 38.8 Å². The van der Waals surface area contributed by atoms with E-state index in [-0.39, 0.29) is 17.4 Å². The Morgan fingerprint density at radius 3 is 2.84 bits per heavy atom. The minimum Gasteiger partial charge on any atom is -0.361 e. The number of thiophene rings is 1. The molecular formula is C25H26N4O2S. The summed E-state index contributed by atoms with van der Waals surface area (Å²) in [5.41, 5.74) is 4.00. The van der Waals surface area contributed by atoms with Gasteiger partial charge in [-0.05, 0) is 48.8 Å². The number of nitrogens with zero attached hydrogens (tertiary/aromatic N) is 2. The van der Waals surface area contributed by atoms with Crippen molar-refractivity contribution in [1.82, 2.24) is 19.9 Å². The maximum absolute atomic E-state index is 12.7. The third kappa shape index (κ3) is 4.39. The number of aromatic amines is 2. The molecule has 32 heavy (non-hydrogen) atoms. The second kappa shape index (κ2) is 9.12. The highest BCUT2D eigenvalue weighted by Crippen LogP contribution is 2.28. The van der Waals surface area contributed by atoms with E-state index in [1.165, 1.54) is 10.9 Å². The minimum absolute atomic E-state index is 0.119. The van der Waals surface area contributed by atoms with Crippen LogP contribution in [0.5, 0.6) is 0 Å². The molecule has 2 N–H and O–H groups in total. The van der Waals surface area contributed by atoms with Crippen LogP contribution in [0.2, 0.25) is 0 Å². The summed E-state index contributed by atoms with van der Waals surface area (Å²) in [6, 6.07) is 11.8.